The molecule has 0 saturated carbocycles. The van der Waals surface area contributed by atoms with Gasteiger partial charge in [0.1, 0.15) is 11.8 Å². The molecule has 3 aromatic rings. The summed E-state index contributed by atoms with van der Waals surface area (Å²) in [5.41, 5.74) is -0.116. The van der Waals surface area contributed by atoms with E-state index in [-0.39, 0.29) is 5.69 Å². The Morgan fingerprint density at radius 3 is 2.24 bits per heavy atom. The lowest BCUT2D eigenvalue weighted by atomic mass is 9.89. The molecule has 0 spiro atoms. The monoisotopic (exact) mass is 477 g/mol. The van der Waals surface area contributed by atoms with E-state index in [0.29, 0.717) is 27.8 Å². The predicted molar refractivity (Wildman–Crippen MR) is 117 cm³/mol. The molecule has 172 valence electrons. The Labute approximate surface area is 193 Å². The molecule has 1 saturated heterocycles. The highest BCUT2D eigenvalue weighted by Crippen LogP contribution is 2.44. The maximum absolute atomic E-state index is 13.3. The number of rotatable bonds is 6. The van der Waals surface area contributed by atoms with Crippen LogP contribution in [0.5, 0.6) is 17.2 Å². The quantitative estimate of drug-likeness (QED) is 0.414. The molecule has 2 atom stereocenters. The van der Waals surface area contributed by atoms with Crippen molar-refractivity contribution in [3.05, 3.63) is 82.9 Å². The highest BCUT2D eigenvalue weighted by molar-refractivity contribution is 6.30. The van der Waals surface area contributed by atoms with Gasteiger partial charge in [0, 0.05) is 10.7 Å². The second kappa shape index (κ2) is 8.86. The molecule has 1 aliphatic heterocycles. The largest absolute Gasteiger partial charge is 0.493 e. The Morgan fingerprint density at radius 2 is 1.61 bits per heavy atom. The van der Waals surface area contributed by atoms with Crippen molar-refractivity contribution in [2.75, 3.05) is 19.1 Å². The molecule has 1 amide bonds. The predicted octanol–water partition coefficient (Wildman–Crippen LogP) is 5.91. The van der Waals surface area contributed by atoms with E-state index in [1.807, 2.05) is 0 Å². The summed E-state index contributed by atoms with van der Waals surface area (Å²) in [5.74, 6) is 0.840. The molecule has 0 N–H and O–H groups in total. The maximum Gasteiger partial charge on any atom is 0.416 e. The lowest BCUT2D eigenvalue weighted by Crippen LogP contribution is -2.61. The first-order valence-corrected chi connectivity index (χ1v) is 10.2. The van der Waals surface area contributed by atoms with Crippen LogP contribution in [0.3, 0.4) is 0 Å². The van der Waals surface area contributed by atoms with Gasteiger partial charge in [-0.25, -0.2) is 0 Å². The Balaban J connectivity index is 1.75. The van der Waals surface area contributed by atoms with Crippen LogP contribution in [-0.2, 0) is 11.0 Å². The first-order chi connectivity index (χ1) is 15.7. The molecule has 1 fully saturated rings. The van der Waals surface area contributed by atoms with Gasteiger partial charge >= 0.3 is 6.18 Å². The van der Waals surface area contributed by atoms with E-state index >= 15 is 0 Å². The summed E-state index contributed by atoms with van der Waals surface area (Å²) in [6.07, 6.45) is -5.50. The average Bonchev–Trinajstić information content (AvgIpc) is 2.81. The number of ether oxygens (including phenoxy) is 3. The number of hydrogen-bond acceptors (Lipinski definition) is 4. The molecule has 0 bridgehead atoms. The Kier molecular flexibility index (Phi) is 6.12. The number of hydrogen-bond donors (Lipinski definition) is 0. The smallest absolute Gasteiger partial charge is 0.416 e. The number of benzene rings is 3. The highest BCUT2D eigenvalue weighted by Gasteiger charge is 2.51. The lowest BCUT2D eigenvalue weighted by molar-refractivity contribution is -0.138. The third-order valence-corrected chi connectivity index (χ3v) is 5.58. The van der Waals surface area contributed by atoms with Crippen LogP contribution in [0.4, 0.5) is 18.9 Å². The molecule has 33 heavy (non-hydrogen) atoms. The zero-order valence-corrected chi connectivity index (χ0v) is 18.4. The Hall–Kier alpha value is -3.39. The third-order valence-electron chi connectivity index (χ3n) is 5.32. The van der Waals surface area contributed by atoms with E-state index in [0.717, 1.165) is 12.1 Å². The third kappa shape index (κ3) is 4.43. The molecule has 0 aliphatic carbocycles. The van der Waals surface area contributed by atoms with Gasteiger partial charge in [0.25, 0.3) is 5.91 Å². The van der Waals surface area contributed by atoms with Crippen LogP contribution in [0, 0.1) is 0 Å². The molecule has 4 rings (SSSR count). The zero-order chi connectivity index (χ0) is 23.8. The molecular weight excluding hydrogens is 459 g/mol. The standard InChI is InChI=1S/C24H19ClF3NO4/c1-31-19-11-6-14(12-20(19)32-2)21-22(33-18-9-7-16(25)8-10-18)23(30)29(21)17-5-3-4-15(13-17)24(26,27)28/h3-13,21-22H,1-2H3/t21-,22+/m1/s1. The van der Waals surface area contributed by atoms with Crippen molar-refractivity contribution in [1.82, 2.24) is 0 Å². The fraction of sp³-hybridized carbons (Fsp3) is 0.208. The van der Waals surface area contributed by atoms with E-state index in [9.17, 15) is 18.0 Å². The van der Waals surface area contributed by atoms with Crippen molar-refractivity contribution in [1.29, 1.82) is 0 Å². The molecule has 0 aromatic heterocycles. The number of carbonyl (C=O) groups is 1. The average molecular weight is 478 g/mol. The fourth-order valence-electron chi connectivity index (χ4n) is 3.72. The second-order valence-electron chi connectivity index (χ2n) is 7.31. The molecule has 0 radical (unpaired) electrons. The number of nitrogens with zero attached hydrogens (tertiary/aromatic N) is 1. The highest BCUT2D eigenvalue weighted by atomic mass is 35.5. The molecule has 1 heterocycles. The zero-order valence-electron chi connectivity index (χ0n) is 17.6. The van der Waals surface area contributed by atoms with Gasteiger partial charge in [0.05, 0.1) is 19.8 Å². The number of methoxy groups -OCH3 is 2. The van der Waals surface area contributed by atoms with Crippen LogP contribution in [0.15, 0.2) is 66.7 Å². The molecule has 3 aromatic carbocycles. The Morgan fingerprint density at radius 1 is 0.909 bits per heavy atom. The van der Waals surface area contributed by atoms with Crippen LogP contribution < -0.4 is 19.1 Å². The van der Waals surface area contributed by atoms with E-state index in [2.05, 4.69) is 0 Å². The minimum Gasteiger partial charge on any atom is -0.493 e. The summed E-state index contributed by atoms with van der Waals surface area (Å²) in [5, 5.41) is 0.504. The van der Waals surface area contributed by atoms with Gasteiger partial charge in [-0.15, -0.1) is 0 Å². The van der Waals surface area contributed by atoms with Crippen molar-refractivity contribution < 1.29 is 32.2 Å². The first kappa shape index (κ1) is 22.8. The molecule has 1 aliphatic rings. The summed E-state index contributed by atoms with van der Waals surface area (Å²) in [4.78, 5) is 14.4. The van der Waals surface area contributed by atoms with Gasteiger partial charge in [-0.1, -0.05) is 23.7 Å². The van der Waals surface area contributed by atoms with Crippen LogP contribution in [0.1, 0.15) is 17.2 Å². The number of β-lactam (4-membered cyclic amide) rings is 1. The first-order valence-electron chi connectivity index (χ1n) is 9.87. The maximum atomic E-state index is 13.3. The van der Waals surface area contributed by atoms with Crippen LogP contribution in [-0.4, -0.2) is 26.2 Å². The Bertz CT molecular complexity index is 1170. The van der Waals surface area contributed by atoms with E-state index < -0.39 is 29.8 Å². The van der Waals surface area contributed by atoms with Crippen molar-refractivity contribution in [2.24, 2.45) is 0 Å². The normalized spacial score (nSPS) is 18.0. The van der Waals surface area contributed by atoms with Crippen molar-refractivity contribution in [3.8, 4) is 17.2 Å². The number of halogens is 4. The van der Waals surface area contributed by atoms with Crippen LogP contribution >= 0.6 is 11.6 Å². The van der Waals surface area contributed by atoms with Crippen LogP contribution in [0.2, 0.25) is 5.02 Å². The summed E-state index contributed by atoms with van der Waals surface area (Å²) in [7, 11) is 2.96. The van der Waals surface area contributed by atoms with Gasteiger partial charge in [-0.05, 0) is 60.2 Å². The number of alkyl halides is 3. The second-order valence-corrected chi connectivity index (χ2v) is 7.74. The minimum absolute atomic E-state index is 0.116. The number of anilines is 1. The van der Waals surface area contributed by atoms with E-state index in [4.69, 9.17) is 25.8 Å². The van der Waals surface area contributed by atoms with Crippen LogP contribution in [0.25, 0.3) is 0 Å². The van der Waals surface area contributed by atoms with Gasteiger partial charge in [0.15, 0.2) is 11.5 Å². The summed E-state index contributed by atoms with van der Waals surface area (Å²) in [6, 6.07) is 15.5. The molecule has 9 heteroatoms. The molecular formula is C24H19ClF3NO4. The lowest BCUT2D eigenvalue weighted by Gasteiger charge is -2.46. The molecule has 5 nitrogen and oxygen atoms in total. The van der Waals surface area contributed by atoms with Gasteiger partial charge in [-0.2, -0.15) is 13.2 Å². The minimum atomic E-state index is -4.54. The van der Waals surface area contributed by atoms with Crippen molar-refractivity contribution in [2.45, 2.75) is 18.3 Å². The summed E-state index contributed by atoms with van der Waals surface area (Å²) < 4.78 is 56.4. The summed E-state index contributed by atoms with van der Waals surface area (Å²) >= 11 is 5.92. The van der Waals surface area contributed by atoms with Gasteiger partial charge in [-0.3, -0.25) is 9.69 Å². The van der Waals surface area contributed by atoms with Crippen molar-refractivity contribution in [3.63, 3.8) is 0 Å². The summed E-state index contributed by atoms with van der Waals surface area (Å²) in [6.45, 7) is 0. The fourth-order valence-corrected chi connectivity index (χ4v) is 3.84. The number of carbonyl (C=O) groups excluding carboxylic acids is 1. The topological polar surface area (TPSA) is 48.0 Å². The van der Waals surface area contributed by atoms with Crippen molar-refractivity contribution >= 4 is 23.2 Å². The van der Waals surface area contributed by atoms with E-state index in [1.165, 1.54) is 31.3 Å². The SMILES string of the molecule is COc1ccc([C@@H]2[C@H](Oc3ccc(Cl)cc3)C(=O)N2c2cccc(C(F)(F)F)c2)cc1OC. The molecule has 0 unspecified atom stereocenters. The van der Waals surface area contributed by atoms with E-state index in [1.54, 1.807) is 42.5 Å². The van der Waals surface area contributed by atoms with Gasteiger partial charge in [0.2, 0.25) is 6.10 Å². The van der Waals surface area contributed by atoms with Gasteiger partial charge < -0.3 is 14.2 Å². The number of amides is 1.